The summed E-state index contributed by atoms with van der Waals surface area (Å²) in [6.07, 6.45) is 0.299. The van der Waals surface area contributed by atoms with Crippen molar-refractivity contribution in [2.24, 2.45) is 0 Å². The zero-order valence-corrected chi connectivity index (χ0v) is 12.7. The van der Waals surface area contributed by atoms with E-state index in [0.717, 1.165) is 0 Å². The molecule has 0 unspecified atom stereocenters. The van der Waals surface area contributed by atoms with Gasteiger partial charge in [-0.15, -0.1) is 0 Å². The fraction of sp³-hybridized carbons (Fsp3) is 0.167. The van der Waals surface area contributed by atoms with Crippen molar-refractivity contribution in [2.75, 3.05) is 14.2 Å². The average molecular weight is 310 g/mol. The molecule has 1 aliphatic carbocycles. The van der Waals surface area contributed by atoms with Gasteiger partial charge in [0.1, 0.15) is 0 Å². The first-order valence-corrected chi connectivity index (χ1v) is 7.03. The third-order valence-electron chi connectivity index (χ3n) is 4.01. The Balaban J connectivity index is 2.22. The van der Waals surface area contributed by atoms with Crippen LogP contribution < -0.4 is 0 Å². The Labute approximate surface area is 132 Å². The number of methoxy groups -OCH3 is 2. The van der Waals surface area contributed by atoms with Crippen LogP contribution in [-0.2, 0) is 15.9 Å². The van der Waals surface area contributed by atoms with Gasteiger partial charge in [0, 0.05) is 17.5 Å². The molecular weight excluding hydrogens is 296 g/mol. The number of ketones is 1. The van der Waals surface area contributed by atoms with E-state index in [2.05, 4.69) is 0 Å². The second-order valence-electron chi connectivity index (χ2n) is 5.15. The first kappa shape index (κ1) is 15.0. The third-order valence-corrected chi connectivity index (χ3v) is 4.01. The maximum atomic E-state index is 12.7. The fourth-order valence-corrected chi connectivity index (χ4v) is 2.90. The number of hydrogen-bond donors (Lipinski definition) is 0. The number of rotatable bonds is 2. The van der Waals surface area contributed by atoms with Gasteiger partial charge in [0.25, 0.3) is 0 Å². The summed E-state index contributed by atoms with van der Waals surface area (Å²) in [7, 11) is 2.58. The molecule has 0 saturated carbocycles. The Bertz CT molecular complexity index is 768. The summed E-state index contributed by atoms with van der Waals surface area (Å²) in [4.78, 5) is 36.6. The average Bonchev–Trinajstić information content (AvgIpc) is 2.59. The molecule has 2 aromatic carbocycles. The van der Waals surface area contributed by atoms with Crippen LogP contribution in [0, 0.1) is 0 Å². The standard InChI is InChI=1S/C18H14O5/c1-22-17(20)12-7-3-5-10-14(12)9-15-11(16(10)19)6-4-8-13(15)18(21)23-2/h3-8H,9H2,1-2H3. The molecule has 0 atom stereocenters. The maximum absolute atomic E-state index is 12.7. The SMILES string of the molecule is COC(=O)c1cccc2c1Cc1c(C(=O)OC)cccc1C2=O. The lowest BCUT2D eigenvalue weighted by Gasteiger charge is -2.22. The quantitative estimate of drug-likeness (QED) is 0.680. The smallest absolute Gasteiger partial charge is 0.338 e. The number of carbonyl (C=O) groups excluding carboxylic acids is 3. The van der Waals surface area contributed by atoms with E-state index in [4.69, 9.17) is 9.47 Å². The Morgan fingerprint density at radius 3 is 1.65 bits per heavy atom. The normalized spacial score (nSPS) is 12.2. The van der Waals surface area contributed by atoms with E-state index in [0.29, 0.717) is 39.8 Å². The zero-order chi connectivity index (χ0) is 16.6. The van der Waals surface area contributed by atoms with Gasteiger partial charge in [-0.05, 0) is 23.3 Å². The van der Waals surface area contributed by atoms with Crippen molar-refractivity contribution in [1.29, 1.82) is 0 Å². The first-order chi connectivity index (χ1) is 11.1. The number of fused-ring (bicyclic) bond motifs is 2. The summed E-state index contributed by atoms with van der Waals surface area (Å²) in [5.41, 5.74) is 2.75. The number of benzene rings is 2. The van der Waals surface area contributed by atoms with Crippen LogP contribution in [0.4, 0.5) is 0 Å². The second-order valence-corrected chi connectivity index (χ2v) is 5.15. The topological polar surface area (TPSA) is 69.7 Å². The molecule has 1 aliphatic rings. The first-order valence-electron chi connectivity index (χ1n) is 7.03. The minimum atomic E-state index is -0.506. The molecule has 0 amide bonds. The maximum Gasteiger partial charge on any atom is 0.338 e. The largest absolute Gasteiger partial charge is 0.465 e. The molecule has 2 aromatic rings. The van der Waals surface area contributed by atoms with Crippen molar-refractivity contribution in [3.8, 4) is 0 Å². The predicted octanol–water partition coefficient (Wildman–Crippen LogP) is 2.40. The van der Waals surface area contributed by atoms with Gasteiger partial charge in [0.2, 0.25) is 0 Å². The molecule has 3 rings (SSSR count). The summed E-state index contributed by atoms with van der Waals surface area (Å²) >= 11 is 0. The highest BCUT2D eigenvalue weighted by molar-refractivity contribution is 6.15. The van der Waals surface area contributed by atoms with Crippen LogP contribution in [0.25, 0.3) is 0 Å². The predicted molar refractivity (Wildman–Crippen MR) is 81.8 cm³/mol. The number of esters is 2. The fourth-order valence-electron chi connectivity index (χ4n) is 2.90. The van der Waals surface area contributed by atoms with Gasteiger partial charge >= 0.3 is 11.9 Å². The van der Waals surface area contributed by atoms with Crippen LogP contribution >= 0.6 is 0 Å². The molecule has 23 heavy (non-hydrogen) atoms. The van der Waals surface area contributed by atoms with Crippen molar-refractivity contribution < 1.29 is 23.9 Å². The summed E-state index contributed by atoms with van der Waals surface area (Å²) in [6.45, 7) is 0. The highest BCUT2D eigenvalue weighted by atomic mass is 16.5. The molecule has 116 valence electrons. The van der Waals surface area contributed by atoms with E-state index < -0.39 is 11.9 Å². The zero-order valence-electron chi connectivity index (χ0n) is 12.7. The van der Waals surface area contributed by atoms with Crippen molar-refractivity contribution in [3.63, 3.8) is 0 Å². The van der Waals surface area contributed by atoms with E-state index in [9.17, 15) is 14.4 Å². The van der Waals surface area contributed by atoms with E-state index in [1.165, 1.54) is 14.2 Å². The minimum Gasteiger partial charge on any atom is -0.465 e. The van der Waals surface area contributed by atoms with Crippen molar-refractivity contribution in [3.05, 3.63) is 69.8 Å². The number of carbonyl (C=O) groups is 3. The van der Waals surface area contributed by atoms with Gasteiger partial charge in [-0.2, -0.15) is 0 Å². The highest BCUT2D eigenvalue weighted by Gasteiger charge is 2.30. The van der Waals surface area contributed by atoms with Crippen LogP contribution in [0.5, 0.6) is 0 Å². The van der Waals surface area contributed by atoms with E-state index >= 15 is 0 Å². The third kappa shape index (κ3) is 2.30. The minimum absolute atomic E-state index is 0.210. The van der Waals surface area contributed by atoms with Crippen molar-refractivity contribution in [2.45, 2.75) is 6.42 Å². The summed E-state index contributed by atoms with van der Waals surface area (Å²) in [5, 5.41) is 0. The van der Waals surface area contributed by atoms with Gasteiger partial charge in [-0.25, -0.2) is 9.59 Å². The van der Waals surface area contributed by atoms with E-state index in [1.807, 2.05) is 0 Å². The molecule has 0 saturated heterocycles. The molecule has 0 bridgehead atoms. The molecule has 0 radical (unpaired) electrons. The summed E-state index contributed by atoms with van der Waals surface area (Å²) < 4.78 is 9.57. The lowest BCUT2D eigenvalue weighted by molar-refractivity contribution is 0.0592. The molecule has 0 spiro atoms. The second kappa shape index (κ2) is 5.68. The van der Waals surface area contributed by atoms with Gasteiger partial charge in [-0.3, -0.25) is 4.79 Å². The Morgan fingerprint density at radius 2 is 1.26 bits per heavy atom. The van der Waals surface area contributed by atoms with Crippen LogP contribution in [0.15, 0.2) is 36.4 Å². The summed E-state index contributed by atoms with van der Waals surface area (Å²) in [5.74, 6) is -1.22. The molecule has 0 fully saturated rings. The molecule has 0 aromatic heterocycles. The van der Waals surface area contributed by atoms with Crippen LogP contribution in [-0.4, -0.2) is 31.9 Å². The van der Waals surface area contributed by atoms with Crippen LogP contribution in [0.3, 0.4) is 0 Å². The summed E-state index contributed by atoms with van der Waals surface area (Å²) in [6, 6.07) is 9.89. The number of hydrogen-bond acceptors (Lipinski definition) is 5. The molecular formula is C18H14O5. The highest BCUT2D eigenvalue weighted by Crippen LogP contribution is 2.32. The van der Waals surface area contributed by atoms with E-state index in [-0.39, 0.29) is 5.78 Å². The van der Waals surface area contributed by atoms with Gasteiger partial charge < -0.3 is 9.47 Å². The van der Waals surface area contributed by atoms with Gasteiger partial charge in [0.15, 0.2) is 5.78 Å². The molecule has 0 N–H and O–H groups in total. The molecule has 5 nitrogen and oxygen atoms in total. The lowest BCUT2D eigenvalue weighted by atomic mass is 9.81. The monoisotopic (exact) mass is 310 g/mol. The van der Waals surface area contributed by atoms with Gasteiger partial charge in [0.05, 0.1) is 25.3 Å². The van der Waals surface area contributed by atoms with Crippen LogP contribution in [0.2, 0.25) is 0 Å². The van der Waals surface area contributed by atoms with E-state index in [1.54, 1.807) is 36.4 Å². The lowest BCUT2D eigenvalue weighted by Crippen LogP contribution is -2.21. The Hall–Kier alpha value is -2.95. The van der Waals surface area contributed by atoms with Gasteiger partial charge in [-0.1, -0.05) is 24.3 Å². The Kier molecular flexibility index (Phi) is 3.70. The Morgan fingerprint density at radius 1 is 0.826 bits per heavy atom. The number of ether oxygens (including phenoxy) is 2. The van der Waals surface area contributed by atoms with Crippen molar-refractivity contribution >= 4 is 17.7 Å². The van der Waals surface area contributed by atoms with Crippen molar-refractivity contribution in [1.82, 2.24) is 0 Å². The van der Waals surface area contributed by atoms with Crippen LogP contribution in [0.1, 0.15) is 47.8 Å². The molecule has 0 heterocycles. The molecule has 5 heteroatoms. The molecule has 0 aliphatic heterocycles.